The number of rotatable bonds is 2. The Morgan fingerprint density at radius 2 is 1.89 bits per heavy atom. The van der Waals surface area contributed by atoms with Crippen LogP contribution in [0.15, 0.2) is 4.52 Å². The third-order valence-corrected chi connectivity index (χ3v) is 3.84. The van der Waals surface area contributed by atoms with E-state index in [0.717, 1.165) is 30.7 Å². The fourth-order valence-electron chi connectivity index (χ4n) is 2.28. The summed E-state index contributed by atoms with van der Waals surface area (Å²) in [6, 6.07) is 0.237. The van der Waals surface area contributed by atoms with Gasteiger partial charge in [0.15, 0.2) is 5.82 Å². The molecule has 0 radical (unpaired) electrons. The van der Waals surface area contributed by atoms with Gasteiger partial charge in [0, 0.05) is 5.41 Å². The quantitative estimate of drug-likeness (QED) is 0.809. The molecule has 4 heteroatoms. The van der Waals surface area contributed by atoms with Gasteiger partial charge in [-0.25, -0.2) is 0 Å². The number of hydrogen-bond acceptors (Lipinski definition) is 4. The van der Waals surface area contributed by atoms with Crippen molar-refractivity contribution in [2.24, 2.45) is 5.92 Å². The molecule has 1 aromatic heterocycles. The van der Waals surface area contributed by atoms with Gasteiger partial charge in [-0.2, -0.15) is 4.98 Å². The zero-order valence-electron chi connectivity index (χ0n) is 12.2. The number of likely N-dealkylation sites (tertiary alicyclic amines) is 1. The van der Waals surface area contributed by atoms with Gasteiger partial charge >= 0.3 is 0 Å². The lowest BCUT2D eigenvalue weighted by Crippen LogP contribution is -2.35. The monoisotopic (exact) mass is 251 g/mol. The minimum absolute atomic E-state index is 0.0438. The summed E-state index contributed by atoms with van der Waals surface area (Å²) < 4.78 is 5.43. The van der Waals surface area contributed by atoms with Crippen LogP contribution in [-0.4, -0.2) is 28.1 Å². The second kappa shape index (κ2) is 5.00. The molecule has 0 N–H and O–H groups in total. The van der Waals surface area contributed by atoms with Crippen molar-refractivity contribution >= 4 is 0 Å². The Kier molecular flexibility index (Phi) is 3.76. The first-order valence-corrected chi connectivity index (χ1v) is 6.96. The van der Waals surface area contributed by atoms with Gasteiger partial charge < -0.3 is 4.52 Å². The highest BCUT2D eigenvalue weighted by Crippen LogP contribution is 2.27. The summed E-state index contributed by atoms with van der Waals surface area (Å²) >= 11 is 0. The van der Waals surface area contributed by atoms with E-state index in [9.17, 15) is 0 Å². The number of aromatic nitrogens is 2. The third-order valence-electron chi connectivity index (χ3n) is 3.84. The summed E-state index contributed by atoms with van der Waals surface area (Å²) in [4.78, 5) is 7.00. The van der Waals surface area contributed by atoms with Crippen LogP contribution in [0.2, 0.25) is 0 Å². The summed E-state index contributed by atoms with van der Waals surface area (Å²) in [6.07, 6.45) is 2.54. The lowest BCUT2D eigenvalue weighted by Gasteiger charge is -2.33. The molecule has 1 aliphatic rings. The smallest absolute Gasteiger partial charge is 0.243 e. The van der Waals surface area contributed by atoms with E-state index in [4.69, 9.17) is 4.52 Å². The lowest BCUT2D eigenvalue weighted by molar-refractivity contribution is 0.124. The van der Waals surface area contributed by atoms with Crippen LogP contribution in [0.4, 0.5) is 0 Å². The first-order valence-electron chi connectivity index (χ1n) is 6.96. The molecular formula is C14H25N3O. The molecule has 1 atom stereocenters. The summed E-state index contributed by atoms with van der Waals surface area (Å²) in [6.45, 7) is 13.1. The second-order valence-corrected chi connectivity index (χ2v) is 6.60. The van der Waals surface area contributed by atoms with Gasteiger partial charge in [-0.15, -0.1) is 0 Å². The highest BCUT2D eigenvalue weighted by Gasteiger charge is 2.27. The maximum Gasteiger partial charge on any atom is 0.243 e. The maximum absolute atomic E-state index is 5.43. The Morgan fingerprint density at radius 3 is 2.39 bits per heavy atom. The van der Waals surface area contributed by atoms with Gasteiger partial charge in [0.1, 0.15) is 0 Å². The van der Waals surface area contributed by atoms with E-state index in [-0.39, 0.29) is 11.5 Å². The molecule has 0 unspecified atom stereocenters. The van der Waals surface area contributed by atoms with Gasteiger partial charge in [-0.05, 0) is 38.8 Å². The van der Waals surface area contributed by atoms with Gasteiger partial charge in [0.25, 0.3) is 0 Å². The molecule has 0 saturated carbocycles. The first kappa shape index (κ1) is 13.5. The molecule has 1 aromatic rings. The normalized spacial score (nSPS) is 21.2. The Bertz CT molecular complexity index is 386. The molecule has 1 fully saturated rings. The zero-order chi connectivity index (χ0) is 13.3. The van der Waals surface area contributed by atoms with Crippen molar-refractivity contribution in [1.82, 2.24) is 15.0 Å². The molecule has 4 nitrogen and oxygen atoms in total. The molecule has 1 saturated heterocycles. The van der Waals surface area contributed by atoms with Crippen LogP contribution >= 0.6 is 0 Å². The summed E-state index contributed by atoms with van der Waals surface area (Å²) in [5.74, 6) is 2.41. The molecule has 2 heterocycles. The number of piperidine rings is 1. The van der Waals surface area contributed by atoms with Gasteiger partial charge in [-0.3, -0.25) is 4.90 Å². The van der Waals surface area contributed by atoms with E-state index in [1.807, 2.05) is 0 Å². The summed E-state index contributed by atoms with van der Waals surface area (Å²) in [5.41, 5.74) is -0.0438. The predicted octanol–water partition coefficient (Wildman–Crippen LogP) is 3.16. The predicted molar refractivity (Wildman–Crippen MR) is 71.4 cm³/mol. The molecule has 0 aromatic carbocycles. The van der Waals surface area contributed by atoms with Crippen LogP contribution in [0.5, 0.6) is 0 Å². The topological polar surface area (TPSA) is 42.2 Å². The average molecular weight is 251 g/mol. The van der Waals surface area contributed by atoms with Crippen molar-refractivity contribution in [2.45, 2.75) is 58.9 Å². The Morgan fingerprint density at radius 1 is 1.28 bits per heavy atom. The molecule has 18 heavy (non-hydrogen) atoms. The highest BCUT2D eigenvalue weighted by molar-refractivity contribution is 5.02. The van der Waals surface area contributed by atoms with Gasteiger partial charge in [0.2, 0.25) is 5.89 Å². The molecule has 0 amide bonds. The average Bonchev–Trinajstić information content (AvgIpc) is 2.78. The van der Waals surface area contributed by atoms with Crippen molar-refractivity contribution in [3.05, 3.63) is 11.7 Å². The van der Waals surface area contributed by atoms with Crippen molar-refractivity contribution in [3.63, 3.8) is 0 Å². The van der Waals surface area contributed by atoms with Crippen LogP contribution in [-0.2, 0) is 5.41 Å². The standard InChI is InChI=1S/C14H25N3O/c1-10-6-8-17(9-7-10)11(2)12-15-13(16-18-12)14(3,4)5/h10-11H,6-9H2,1-5H3/t11-/m0/s1. The third kappa shape index (κ3) is 2.91. The fraction of sp³-hybridized carbons (Fsp3) is 0.857. The van der Waals surface area contributed by atoms with Crippen LogP contribution in [0.1, 0.15) is 65.2 Å². The number of hydrogen-bond donors (Lipinski definition) is 0. The van der Waals surface area contributed by atoms with Crippen LogP contribution in [0.3, 0.4) is 0 Å². The molecule has 0 aliphatic carbocycles. The molecule has 1 aliphatic heterocycles. The first-order chi connectivity index (χ1) is 8.38. The van der Waals surface area contributed by atoms with Gasteiger partial charge in [0.05, 0.1) is 6.04 Å². The molecule has 2 rings (SSSR count). The second-order valence-electron chi connectivity index (χ2n) is 6.60. The van der Waals surface area contributed by atoms with E-state index < -0.39 is 0 Å². The van der Waals surface area contributed by atoms with E-state index in [1.165, 1.54) is 12.8 Å². The van der Waals surface area contributed by atoms with E-state index in [2.05, 4.69) is 49.7 Å². The van der Waals surface area contributed by atoms with Crippen molar-refractivity contribution < 1.29 is 4.52 Å². The molecule has 0 bridgehead atoms. The summed E-state index contributed by atoms with van der Waals surface area (Å²) in [7, 11) is 0. The maximum atomic E-state index is 5.43. The Labute approximate surface area is 110 Å². The van der Waals surface area contributed by atoms with Crippen molar-refractivity contribution in [2.75, 3.05) is 13.1 Å². The van der Waals surface area contributed by atoms with Crippen LogP contribution in [0.25, 0.3) is 0 Å². The number of nitrogens with zero attached hydrogens (tertiary/aromatic N) is 3. The molecule has 0 spiro atoms. The SMILES string of the molecule is CC1CCN([C@@H](C)c2nc(C(C)(C)C)no2)CC1. The largest absolute Gasteiger partial charge is 0.338 e. The molecule has 102 valence electrons. The minimum atomic E-state index is -0.0438. The fourth-order valence-corrected chi connectivity index (χ4v) is 2.28. The molecular weight excluding hydrogens is 226 g/mol. The van der Waals surface area contributed by atoms with Crippen LogP contribution in [0, 0.1) is 5.92 Å². The Hall–Kier alpha value is -0.900. The van der Waals surface area contributed by atoms with E-state index in [0.29, 0.717) is 0 Å². The highest BCUT2D eigenvalue weighted by atomic mass is 16.5. The summed E-state index contributed by atoms with van der Waals surface area (Å²) in [5, 5.41) is 4.11. The van der Waals surface area contributed by atoms with Crippen LogP contribution < -0.4 is 0 Å². The van der Waals surface area contributed by atoms with Gasteiger partial charge in [-0.1, -0.05) is 32.9 Å². The Balaban J connectivity index is 2.05. The minimum Gasteiger partial charge on any atom is -0.338 e. The zero-order valence-corrected chi connectivity index (χ0v) is 12.2. The lowest BCUT2D eigenvalue weighted by atomic mass is 9.96. The van der Waals surface area contributed by atoms with E-state index in [1.54, 1.807) is 0 Å². The van der Waals surface area contributed by atoms with Crippen molar-refractivity contribution in [1.29, 1.82) is 0 Å². The van der Waals surface area contributed by atoms with E-state index >= 15 is 0 Å². The van der Waals surface area contributed by atoms with Crippen molar-refractivity contribution in [3.8, 4) is 0 Å².